The van der Waals surface area contributed by atoms with Crippen molar-refractivity contribution in [3.8, 4) is 22.3 Å². The van der Waals surface area contributed by atoms with Crippen LogP contribution in [0, 0.1) is 5.82 Å². The maximum absolute atomic E-state index is 13.6. The third-order valence-corrected chi connectivity index (χ3v) is 7.39. The molecule has 5 heterocycles. The van der Waals surface area contributed by atoms with Gasteiger partial charge in [-0.05, 0) is 63.4 Å². The van der Waals surface area contributed by atoms with Crippen LogP contribution in [0.25, 0.3) is 33.3 Å². The van der Waals surface area contributed by atoms with Gasteiger partial charge in [-0.3, -0.25) is 9.67 Å². The smallest absolute Gasteiger partial charge is 0.410 e. The number of pyridine rings is 2. The second-order valence-corrected chi connectivity index (χ2v) is 11.6. The van der Waals surface area contributed by atoms with Gasteiger partial charge in [-0.15, -0.1) is 0 Å². The number of hydrogen-bond acceptors (Lipinski definition) is 5. The van der Waals surface area contributed by atoms with Gasteiger partial charge in [-0.2, -0.15) is 5.10 Å². The first-order valence-electron chi connectivity index (χ1n) is 13.9. The third kappa shape index (κ3) is 5.99. The van der Waals surface area contributed by atoms with Gasteiger partial charge in [-0.25, -0.2) is 14.2 Å². The fourth-order valence-corrected chi connectivity index (χ4v) is 5.31. The topological polar surface area (TPSA) is 88.9 Å². The molecule has 1 amide bonds. The lowest BCUT2D eigenvalue weighted by Gasteiger charge is -2.33. The summed E-state index contributed by atoms with van der Waals surface area (Å²) < 4.78 is 20.9. The molecule has 5 aromatic rings. The summed E-state index contributed by atoms with van der Waals surface area (Å²) in [5.41, 5.74) is 6.12. The Morgan fingerprint density at radius 1 is 1.02 bits per heavy atom. The second-order valence-electron chi connectivity index (χ2n) is 11.6. The summed E-state index contributed by atoms with van der Waals surface area (Å²) in [6, 6.07) is 12.9. The summed E-state index contributed by atoms with van der Waals surface area (Å²) in [6.45, 7) is 7.48. The Morgan fingerprint density at radius 3 is 2.56 bits per heavy atom. The van der Waals surface area contributed by atoms with E-state index in [2.05, 4.69) is 33.3 Å². The van der Waals surface area contributed by atoms with Gasteiger partial charge in [0.1, 0.15) is 17.1 Å². The Hall–Kier alpha value is -4.53. The van der Waals surface area contributed by atoms with E-state index in [4.69, 9.17) is 9.72 Å². The van der Waals surface area contributed by atoms with Gasteiger partial charge in [0, 0.05) is 77.1 Å². The molecule has 0 spiro atoms. The van der Waals surface area contributed by atoms with Gasteiger partial charge in [0.25, 0.3) is 0 Å². The van der Waals surface area contributed by atoms with Crippen molar-refractivity contribution in [2.24, 2.45) is 0 Å². The van der Waals surface area contributed by atoms with E-state index in [9.17, 15) is 9.18 Å². The number of nitrogens with one attached hydrogen (secondary N) is 1. The number of aromatic amines is 1. The van der Waals surface area contributed by atoms with E-state index >= 15 is 0 Å². The number of carbonyl (C=O) groups excluding carboxylic acids is 1. The molecule has 210 valence electrons. The average molecular weight is 553 g/mol. The van der Waals surface area contributed by atoms with Crippen LogP contribution in [0.3, 0.4) is 0 Å². The van der Waals surface area contributed by atoms with E-state index in [-0.39, 0.29) is 11.9 Å². The largest absolute Gasteiger partial charge is 0.444 e. The van der Waals surface area contributed by atoms with E-state index in [0.717, 1.165) is 57.4 Å². The van der Waals surface area contributed by atoms with Gasteiger partial charge in [0.05, 0.1) is 12.7 Å². The number of nitrogens with zero attached hydrogens (tertiary/aromatic N) is 5. The van der Waals surface area contributed by atoms with Crippen LogP contribution in [-0.2, 0) is 11.3 Å². The van der Waals surface area contributed by atoms with Crippen molar-refractivity contribution >= 4 is 17.1 Å². The average Bonchev–Trinajstić information content (AvgIpc) is 3.59. The molecule has 0 bridgehead atoms. The molecule has 8 nitrogen and oxygen atoms in total. The zero-order chi connectivity index (χ0) is 28.6. The molecule has 0 radical (unpaired) electrons. The minimum absolute atomic E-state index is 0.245. The maximum atomic E-state index is 13.6. The van der Waals surface area contributed by atoms with Crippen molar-refractivity contribution in [3.05, 3.63) is 90.5 Å². The first-order valence-corrected chi connectivity index (χ1v) is 13.9. The predicted molar refractivity (Wildman–Crippen MR) is 156 cm³/mol. The quantitative estimate of drug-likeness (QED) is 0.259. The lowest BCUT2D eigenvalue weighted by atomic mass is 9.92. The highest BCUT2D eigenvalue weighted by Crippen LogP contribution is 2.32. The Bertz CT molecular complexity index is 1680. The number of piperidine rings is 1. The number of rotatable bonds is 5. The summed E-state index contributed by atoms with van der Waals surface area (Å²) in [5.74, 6) is 0.0553. The molecule has 0 atom stereocenters. The molecule has 1 aliphatic rings. The molecule has 0 aliphatic carbocycles. The minimum Gasteiger partial charge on any atom is -0.444 e. The molecule has 1 aromatic carbocycles. The number of hydrogen-bond donors (Lipinski definition) is 1. The highest BCUT2D eigenvalue weighted by Gasteiger charge is 2.28. The van der Waals surface area contributed by atoms with Gasteiger partial charge in [-0.1, -0.05) is 18.2 Å². The van der Waals surface area contributed by atoms with E-state index < -0.39 is 5.60 Å². The van der Waals surface area contributed by atoms with Gasteiger partial charge in [0.15, 0.2) is 0 Å². The van der Waals surface area contributed by atoms with Crippen LogP contribution in [0.15, 0.2) is 73.4 Å². The fourth-order valence-electron chi connectivity index (χ4n) is 5.31. The van der Waals surface area contributed by atoms with Crippen LogP contribution < -0.4 is 0 Å². The fraction of sp³-hybridized carbons (Fsp3) is 0.312. The Labute approximate surface area is 238 Å². The minimum atomic E-state index is -0.490. The molecule has 6 rings (SSSR count). The Balaban J connectivity index is 1.15. The summed E-state index contributed by atoms with van der Waals surface area (Å²) >= 11 is 0. The molecule has 41 heavy (non-hydrogen) atoms. The number of amides is 1. The molecular weight excluding hydrogens is 519 g/mol. The molecule has 0 saturated carbocycles. The second kappa shape index (κ2) is 10.8. The van der Waals surface area contributed by atoms with Crippen molar-refractivity contribution in [3.63, 3.8) is 0 Å². The van der Waals surface area contributed by atoms with E-state index in [0.29, 0.717) is 25.6 Å². The van der Waals surface area contributed by atoms with E-state index in [1.54, 1.807) is 15.6 Å². The van der Waals surface area contributed by atoms with Gasteiger partial charge < -0.3 is 14.6 Å². The van der Waals surface area contributed by atoms with E-state index in [1.165, 1.54) is 12.1 Å². The number of carbonyl (C=O) groups is 1. The third-order valence-electron chi connectivity index (χ3n) is 7.39. The van der Waals surface area contributed by atoms with Crippen molar-refractivity contribution in [1.82, 2.24) is 29.6 Å². The highest BCUT2D eigenvalue weighted by molar-refractivity contribution is 5.95. The standard InChI is InChI=1S/C32H33FN6O2/c1-32(2,3)41-31(40)38-11-9-22(10-12-38)29-8-7-23(15-34-29)24-14-27-28(18-36-30(27)35-16-24)25-17-37-39(20-25)19-21-5-4-6-26(33)13-21/h4-8,13-18,20,22H,9-12,19H2,1-3H3,(H,35,36). The zero-order valence-corrected chi connectivity index (χ0v) is 23.5. The Morgan fingerprint density at radius 2 is 1.83 bits per heavy atom. The molecule has 9 heteroatoms. The first kappa shape index (κ1) is 26.7. The van der Waals surface area contributed by atoms with E-state index in [1.807, 2.05) is 57.8 Å². The first-order chi connectivity index (χ1) is 19.7. The number of fused-ring (bicyclic) bond motifs is 1. The summed E-state index contributed by atoms with van der Waals surface area (Å²) in [6.07, 6.45) is 11.0. The number of H-pyrrole nitrogens is 1. The van der Waals surface area contributed by atoms with Crippen LogP contribution in [0.5, 0.6) is 0 Å². The predicted octanol–water partition coefficient (Wildman–Crippen LogP) is 6.79. The van der Waals surface area contributed by atoms with Gasteiger partial charge >= 0.3 is 6.09 Å². The lowest BCUT2D eigenvalue weighted by Crippen LogP contribution is -2.41. The monoisotopic (exact) mass is 552 g/mol. The van der Waals surface area contributed by atoms with Crippen molar-refractivity contribution < 1.29 is 13.9 Å². The number of benzene rings is 1. The molecule has 0 unspecified atom stereocenters. The summed E-state index contributed by atoms with van der Waals surface area (Å²) in [5, 5.41) is 5.48. The highest BCUT2D eigenvalue weighted by atomic mass is 19.1. The maximum Gasteiger partial charge on any atom is 0.410 e. The van der Waals surface area contributed by atoms with Crippen LogP contribution in [0.4, 0.5) is 9.18 Å². The molecule has 4 aromatic heterocycles. The van der Waals surface area contributed by atoms with Gasteiger partial charge in [0.2, 0.25) is 0 Å². The number of aromatic nitrogens is 5. The van der Waals surface area contributed by atoms with Crippen LogP contribution in [-0.4, -0.2) is 54.4 Å². The lowest BCUT2D eigenvalue weighted by molar-refractivity contribution is 0.0204. The van der Waals surface area contributed by atoms with Crippen LogP contribution in [0.1, 0.15) is 50.8 Å². The summed E-state index contributed by atoms with van der Waals surface area (Å²) in [4.78, 5) is 26.9. The molecule has 1 fully saturated rings. The molecule has 1 aliphatic heterocycles. The number of halogens is 1. The Kier molecular flexibility index (Phi) is 7.03. The SMILES string of the molecule is CC(C)(C)OC(=O)N1CCC(c2ccc(-c3cnc4[nH]cc(-c5cnn(Cc6cccc(F)c6)c5)c4c3)cn2)CC1. The molecular formula is C32H33FN6O2. The van der Waals surface area contributed by atoms with Crippen molar-refractivity contribution in [1.29, 1.82) is 0 Å². The normalized spacial score (nSPS) is 14.5. The number of ether oxygens (including phenoxy) is 1. The number of likely N-dealkylation sites (tertiary alicyclic amines) is 1. The molecule has 1 saturated heterocycles. The summed E-state index contributed by atoms with van der Waals surface area (Å²) in [7, 11) is 0. The van der Waals surface area contributed by atoms with Crippen LogP contribution >= 0.6 is 0 Å². The van der Waals surface area contributed by atoms with Crippen LogP contribution in [0.2, 0.25) is 0 Å². The zero-order valence-electron chi connectivity index (χ0n) is 23.5. The molecule has 1 N–H and O–H groups in total. The van der Waals surface area contributed by atoms with Crippen molar-refractivity contribution in [2.45, 2.75) is 51.7 Å². The van der Waals surface area contributed by atoms with Crippen molar-refractivity contribution in [2.75, 3.05) is 13.1 Å².